The molecule has 0 saturated carbocycles. The molecule has 0 aliphatic carbocycles. The van der Waals surface area contributed by atoms with Crippen LogP contribution in [0.1, 0.15) is 23.6 Å². The fourth-order valence-electron chi connectivity index (χ4n) is 3.10. The summed E-state index contributed by atoms with van der Waals surface area (Å²) in [7, 11) is 0. The second-order valence-corrected chi connectivity index (χ2v) is 5.99. The lowest BCUT2D eigenvalue weighted by molar-refractivity contribution is 0.0961. The van der Waals surface area contributed by atoms with Crippen LogP contribution in [-0.4, -0.2) is 30.3 Å². The van der Waals surface area contributed by atoms with Crippen LogP contribution in [0.5, 0.6) is 0 Å². The number of rotatable bonds is 5. The highest BCUT2D eigenvalue weighted by Gasteiger charge is 2.25. The Bertz CT molecular complexity index is 558. The third-order valence-corrected chi connectivity index (χ3v) is 4.35. The van der Waals surface area contributed by atoms with Gasteiger partial charge in [-0.15, -0.1) is 0 Å². The summed E-state index contributed by atoms with van der Waals surface area (Å²) in [6.45, 7) is 1.63. The van der Waals surface area contributed by atoms with Gasteiger partial charge in [0.2, 0.25) is 0 Å². The largest absolute Gasteiger partial charge is 0.390 e. The van der Waals surface area contributed by atoms with Crippen molar-refractivity contribution in [2.45, 2.75) is 31.0 Å². The molecule has 3 nitrogen and oxygen atoms in total. The highest BCUT2D eigenvalue weighted by Crippen LogP contribution is 2.20. The van der Waals surface area contributed by atoms with Gasteiger partial charge >= 0.3 is 0 Å². The fourth-order valence-corrected chi connectivity index (χ4v) is 3.10. The van der Waals surface area contributed by atoms with Gasteiger partial charge in [-0.25, -0.2) is 0 Å². The van der Waals surface area contributed by atoms with E-state index >= 15 is 0 Å². The first-order chi connectivity index (χ1) is 10.8. The lowest BCUT2D eigenvalue weighted by Crippen LogP contribution is -2.52. The van der Waals surface area contributed by atoms with Gasteiger partial charge < -0.3 is 15.7 Å². The molecule has 3 N–H and O–H groups in total. The van der Waals surface area contributed by atoms with E-state index in [1.807, 2.05) is 12.1 Å². The summed E-state index contributed by atoms with van der Waals surface area (Å²) in [4.78, 5) is 0. The molecule has 1 fully saturated rings. The molecule has 22 heavy (non-hydrogen) atoms. The minimum absolute atomic E-state index is 0.148. The first kappa shape index (κ1) is 15.2. The quantitative estimate of drug-likeness (QED) is 0.793. The predicted molar refractivity (Wildman–Crippen MR) is 89.7 cm³/mol. The van der Waals surface area contributed by atoms with Crippen LogP contribution in [0.2, 0.25) is 0 Å². The number of aliphatic hydroxyl groups is 1. The Balaban J connectivity index is 1.77. The van der Waals surface area contributed by atoms with Crippen LogP contribution in [0, 0.1) is 0 Å². The highest BCUT2D eigenvalue weighted by atomic mass is 16.3. The minimum Gasteiger partial charge on any atom is -0.390 e. The predicted octanol–water partition coefficient (Wildman–Crippen LogP) is 2.28. The number of nitrogens with one attached hydrogen (secondary N) is 2. The van der Waals surface area contributed by atoms with E-state index in [0.29, 0.717) is 6.54 Å². The van der Waals surface area contributed by atoms with Crippen molar-refractivity contribution in [3.63, 3.8) is 0 Å². The van der Waals surface area contributed by atoms with Crippen molar-refractivity contribution in [2.75, 3.05) is 13.1 Å². The van der Waals surface area contributed by atoms with Crippen molar-refractivity contribution >= 4 is 0 Å². The van der Waals surface area contributed by atoms with Crippen LogP contribution in [0.15, 0.2) is 60.7 Å². The van der Waals surface area contributed by atoms with Crippen molar-refractivity contribution in [3.05, 3.63) is 71.8 Å². The second kappa shape index (κ2) is 7.54. The molecule has 2 aromatic carbocycles. The van der Waals surface area contributed by atoms with E-state index in [1.54, 1.807) is 0 Å². The van der Waals surface area contributed by atoms with Gasteiger partial charge in [0.15, 0.2) is 0 Å². The first-order valence-corrected chi connectivity index (χ1v) is 8.06. The Labute approximate surface area is 132 Å². The Morgan fingerprint density at radius 1 is 1.05 bits per heavy atom. The van der Waals surface area contributed by atoms with Crippen LogP contribution in [0.4, 0.5) is 0 Å². The Morgan fingerprint density at radius 2 is 1.73 bits per heavy atom. The average Bonchev–Trinajstić information content (AvgIpc) is 2.58. The maximum absolute atomic E-state index is 10.2. The van der Waals surface area contributed by atoms with E-state index in [1.165, 1.54) is 11.1 Å². The zero-order valence-corrected chi connectivity index (χ0v) is 12.8. The zero-order valence-electron chi connectivity index (χ0n) is 12.8. The van der Waals surface area contributed by atoms with Crippen molar-refractivity contribution in [2.24, 2.45) is 0 Å². The summed E-state index contributed by atoms with van der Waals surface area (Å²) in [5.74, 6) is 0. The van der Waals surface area contributed by atoms with Crippen molar-refractivity contribution in [3.8, 4) is 0 Å². The second-order valence-electron chi connectivity index (χ2n) is 5.99. The molecule has 116 valence electrons. The molecular formula is C19H24N2O. The van der Waals surface area contributed by atoms with Crippen LogP contribution < -0.4 is 10.6 Å². The average molecular weight is 296 g/mol. The van der Waals surface area contributed by atoms with E-state index in [4.69, 9.17) is 0 Å². The molecule has 1 aliphatic heterocycles. The molecule has 1 heterocycles. The normalized spacial score (nSPS) is 23.1. The Morgan fingerprint density at radius 3 is 2.41 bits per heavy atom. The number of benzene rings is 2. The number of hydrogen-bond donors (Lipinski definition) is 3. The third kappa shape index (κ3) is 3.95. The molecular weight excluding hydrogens is 272 g/mol. The molecule has 0 radical (unpaired) electrons. The van der Waals surface area contributed by atoms with Gasteiger partial charge in [0.1, 0.15) is 0 Å². The van der Waals surface area contributed by atoms with E-state index in [2.05, 4.69) is 59.2 Å². The van der Waals surface area contributed by atoms with Crippen molar-refractivity contribution in [1.82, 2.24) is 10.6 Å². The Hall–Kier alpha value is -1.68. The molecule has 1 saturated heterocycles. The standard InChI is InChI=1S/C19H24N2O/c22-19-14-20-12-11-17(19)21-18(16-9-5-2-6-10-16)13-15-7-3-1-4-8-15/h1-10,17-22H,11-14H2. The molecule has 0 aromatic heterocycles. The molecule has 3 unspecified atom stereocenters. The lowest BCUT2D eigenvalue weighted by atomic mass is 9.95. The van der Waals surface area contributed by atoms with Gasteiger partial charge in [0.05, 0.1) is 6.10 Å². The molecule has 2 aromatic rings. The number of hydrogen-bond acceptors (Lipinski definition) is 3. The van der Waals surface area contributed by atoms with E-state index < -0.39 is 0 Å². The monoisotopic (exact) mass is 296 g/mol. The van der Waals surface area contributed by atoms with Crippen LogP contribution in [0.25, 0.3) is 0 Å². The fraction of sp³-hybridized carbons (Fsp3) is 0.368. The Kier molecular flexibility index (Phi) is 5.22. The molecule has 3 atom stereocenters. The molecule has 3 heteroatoms. The van der Waals surface area contributed by atoms with E-state index in [0.717, 1.165) is 19.4 Å². The van der Waals surface area contributed by atoms with Gasteiger partial charge in [0.25, 0.3) is 0 Å². The van der Waals surface area contributed by atoms with Crippen LogP contribution in [0.3, 0.4) is 0 Å². The van der Waals surface area contributed by atoms with Crippen LogP contribution in [-0.2, 0) is 6.42 Å². The third-order valence-electron chi connectivity index (χ3n) is 4.35. The van der Waals surface area contributed by atoms with Crippen molar-refractivity contribution < 1.29 is 5.11 Å². The molecule has 0 bridgehead atoms. The SMILES string of the molecule is OC1CNCCC1NC(Cc1ccccc1)c1ccccc1. The van der Waals surface area contributed by atoms with Gasteiger partial charge in [-0.05, 0) is 30.5 Å². The summed E-state index contributed by atoms with van der Waals surface area (Å²) in [5.41, 5.74) is 2.59. The van der Waals surface area contributed by atoms with Gasteiger partial charge in [0, 0.05) is 18.6 Å². The van der Waals surface area contributed by atoms with Crippen molar-refractivity contribution in [1.29, 1.82) is 0 Å². The summed E-state index contributed by atoms with van der Waals surface area (Å²) in [6.07, 6.45) is 1.57. The maximum atomic E-state index is 10.2. The summed E-state index contributed by atoms with van der Waals surface area (Å²) < 4.78 is 0. The van der Waals surface area contributed by atoms with Gasteiger partial charge in [-0.3, -0.25) is 0 Å². The summed E-state index contributed by atoms with van der Waals surface area (Å²) in [5, 5.41) is 17.1. The zero-order chi connectivity index (χ0) is 15.2. The number of β-amino-alcohol motifs (C(OH)–C–C–N with tert-alkyl or cyclic N) is 1. The highest BCUT2D eigenvalue weighted by molar-refractivity contribution is 5.24. The minimum atomic E-state index is -0.323. The van der Waals surface area contributed by atoms with Gasteiger partial charge in [-0.1, -0.05) is 60.7 Å². The first-order valence-electron chi connectivity index (χ1n) is 8.06. The maximum Gasteiger partial charge on any atom is 0.0817 e. The number of aliphatic hydroxyl groups excluding tert-OH is 1. The smallest absolute Gasteiger partial charge is 0.0817 e. The molecule has 0 spiro atoms. The van der Waals surface area contributed by atoms with Gasteiger partial charge in [-0.2, -0.15) is 0 Å². The summed E-state index contributed by atoms with van der Waals surface area (Å²) >= 11 is 0. The molecule has 3 rings (SSSR count). The summed E-state index contributed by atoms with van der Waals surface area (Å²) in [6, 6.07) is 21.4. The molecule has 1 aliphatic rings. The number of piperidine rings is 1. The van der Waals surface area contributed by atoms with Crippen LogP contribution >= 0.6 is 0 Å². The lowest BCUT2D eigenvalue weighted by Gasteiger charge is -2.33. The molecule has 0 amide bonds. The van der Waals surface area contributed by atoms with E-state index in [-0.39, 0.29) is 18.2 Å². The topological polar surface area (TPSA) is 44.3 Å². The van der Waals surface area contributed by atoms with E-state index in [9.17, 15) is 5.11 Å².